The van der Waals surface area contributed by atoms with Gasteiger partial charge in [-0.1, -0.05) is 61.0 Å². The first-order valence-electron chi connectivity index (χ1n) is 6.98. The van der Waals surface area contributed by atoms with Gasteiger partial charge in [-0.25, -0.2) is 0 Å². The van der Waals surface area contributed by atoms with Gasteiger partial charge in [0.2, 0.25) is 0 Å². The number of rotatable bonds is 5. The monoisotopic (exact) mass is 254 g/mol. The minimum absolute atomic E-state index is 0.188. The van der Waals surface area contributed by atoms with E-state index in [-0.39, 0.29) is 12.5 Å². The third kappa shape index (κ3) is 3.68. The minimum atomic E-state index is 0.188. The maximum atomic E-state index is 9.61. The van der Waals surface area contributed by atoms with Gasteiger partial charge in [0.05, 0.1) is 6.61 Å². The lowest BCUT2D eigenvalue weighted by Crippen LogP contribution is -2.07. The second-order valence-electron chi connectivity index (χ2n) is 5.16. The van der Waals surface area contributed by atoms with Crippen LogP contribution in [0.2, 0.25) is 0 Å². The predicted molar refractivity (Wildman–Crippen MR) is 80.5 cm³/mol. The third-order valence-electron chi connectivity index (χ3n) is 3.68. The highest BCUT2D eigenvalue weighted by Gasteiger charge is 2.11. The summed E-state index contributed by atoms with van der Waals surface area (Å²) in [5, 5.41) is 9.61. The van der Waals surface area contributed by atoms with Crippen LogP contribution >= 0.6 is 0 Å². The molecule has 0 aromatic heterocycles. The van der Waals surface area contributed by atoms with E-state index >= 15 is 0 Å². The molecule has 2 rings (SSSR count). The van der Waals surface area contributed by atoms with Crippen molar-refractivity contribution in [3.63, 3.8) is 0 Å². The van der Waals surface area contributed by atoms with Crippen LogP contribution in [0.15, 0.2) is 48.5 Å². The summed E-state index contributed by atoms with van der Waals surface area (Å²) in [4.78, 5) is 0. The predicted octanol–water partition coefficient (Wildman–Crippen LogP) is 3.88. The number of hydrogen-bond donors (Lipinski definition) is 1. The molecule has 2 aromatic carbocycles. The summed E-state index contributed by atoms with van der Waals surface area (Å²) in [7, 11) is 0. The van der Waals surface area contributed by atoms with Gasteiger partial charge in [-0.05, 0) is 36.5 Å². The molecule has 0 aliphatic carbocycles. The van der Waals surface area contributed by atoms with Crippen LogP contribution in [0.25, 0.3) is 0 Å². The molecule has 2 aromatic rings. The van der Waals surface area contributed by atoms with Gasteiger partial charge in [0, 0.05) is 5.92 Å². The quantitative estimate of drug-likeness (QED) is 0.858. The molecule has 100 valence electrons. The summed E-state index contributed by atoms with van der Waals surface area (Å²) in [5.74, 6) is 0.188. The fourth-order valence-electron chi connectivity index (χ4n) is 2.32. The Hall–Kier alpha value is -1.60. The summed E-state index contributed by atoms with van der Waals surface area (Å²) in [6, 6.07) is 17.2. The van der Waals surface area contributed by atoms with E-state index < -0.39 is 0 Å². The third-order valence-corrected chi connectivity index (χ3v) is 3.68. The molecule has 0 aliphatic heterocycles. The van der Waals surface area contributed by atoms with Gasteiger partial charge in [0.25, 0.3) is 0 Å². The average Bonchev–Trinajstić information content (AvgIpc) is 2.46. The van der Waals surface area contributed by atoms with E-state index in [0.29, 0.717) is 0 Å². The van der Waals surface area contributed by atoms with Crippen molar-refractivity contribution in [1.29, 1.82) is 0 Å². The molecule has 0 saturated carbocycles. The van der Waals surface area contributed by atoms with Crippen LogP contribution in [0.4, 0.5) is 0 Å². The van der Waals surface area contributed by atoms with E-state index in [0.717, 1.165) is 12.8 Å². The second-order valence-corrected chi connectivity index (χ2v) is 5.16. The Labute approximate surface area is 115 Å². The molecule has 1 atom stereocenters. The molecular formula is C18H22O. The molecule has 19 heavy (non-hydrogen) atoms. The topological polar surface area (TPSA) is 20.2 Å². The molecule has 1 unspecified atom stereocenters. The van der Waals surface area contributed by atoms with Gasteiger partial charge in [-0.3, -0.25) is 0 Å². The average molecular weight is 254 g/mol. The lowest BCUT2D eigenvalue weighted by Gasteiger charge is -2.15. The minimum Gasteiger partial charge on any atom is -0.396 e. The van der Waals surface area contributed by atoms with Crippen LogP contribution in [0, 0.1) is 6.92 Å². The van der Waals surface area contributed by atoms with Crippen molar-refractivity contribution in [2.75, 3.05) is 6.61 Å². The Morgan fingerprint density at radius 2 is 1.47 bits per heavy atom. The van der Waals surface area contributed by atoms with Crippen molar-refractivity contribution < 1.29 is 5.11 Å². The normalized spacial score (nSPS) is 12.4. The van der Waals surface area contributed by atoms with E-state index in [9.17, 15) is 5.11 Å². The number of aliphatic hydroxyl groups is 1. The largest absolute Gasteiger partial charge is 0.396 e. The van der Waals surface area contributed by atoms with Crippen LogP contribution in [-0.2, 0) is 12.8 Å². The maximum absolute atomic E-state index is 9.61. The molecule has 0 radical (unpaired) electrons. The number of aliphatic hydroxyl groups excluding tert-OH is 1. The van der Waals surface area contributed by atoms with Crippen molar-refractivity contribution in [1.82, 2.24) is 0 Å². The Balaban J connectivity index is 2.11. The summed E-state index contributed by atoms with van der Waals surface area (Å²) < 4.78 is 0. The lowest BCUT2D eigenvalue weighted by atomic mass is 9.92. The van der Waals surface area contributed by atoms with Crippen LogP contribution in [-0.4, -0.2) is 11.7 Å². The SMILES string of the molecule is CCc1ccc(CC(CO)c2ccc(C)cc2)cc1. The molecule has 0 aliphatic rings. The van der Waals surface area contributed by atoms with Gasteiger partial charge in [0.1, 0.15) is 0 Å². The molecule has 0 spiro atoms. The standard InChI is InChI=1S/C18H22O/c1-3-15-6-8-16(9-7-15)12-18(13-19)17-10-4-14(2)5-11-17/h4-11,18-19H,3,12-13H2,1-2H3. The molecule has 0 saturated heterocycles. The Morgan fingerprint density at radius 3 is 2.00 bits per heavy atom. The number of aryl methyl sites for hydroxylation is 2. The van der Waals surface area contributed by atoms with Crippen LogP contribution in [0.1, 0.15) is 35.1 Å². The van der Waals surface area contributed by atoms with Crippen LogP contribution in [0.3, 0.4) is 0 Å². The van der Waals surface area contributed by atoms with Crippen LogP contribution < -0.4 is 0 Å². The maximum Gasteiger partial charge on any atom is 0.0502 e. The first-order chi connectivity index (χ1) is 9.22. The molecule has 1 heteroatoms. The van der Waals surface area contributed by atoms with Gasteiger partial charge >= 0.3 is 0 Å². The molecule has 0 heterocycles. The van der Waals surface area contributed by atoms with E-state index in [1.165, 1.54) is 22.3 Å². The summed E-state index contributed by atoms with van der Waals surface area (Å²) in [5.41, 5.74) is 5.12. The lowest BCUT2D eigenvalue weighted by molar-refractivity contribution is 0.264. The molecule has 0 amide bonds. The fraction of sp³-hybridized carbons (Fsp3) is 0.333. The van der Waals surface area contributed by atoms with E-state index in [2.05, 4.69) is 62.4 Å². The van der Waals surface area contributed by atoms with Gasteiger partial charge in [-0.15, -0.1) is 0 Å². The Morgan fingerprint density at radius 1 is 0.895 bits per heavy atom. The fourth-order valence-corrected chi connectivity index (χ4v) is 2.32. The van der Waals surface area contributed by atoms with Gasteiger partial charge in [-0.2, -0.15) is 0 Å². The zero-order chi connectivity index (χ0) is 13.7. The van der Waals surface area contributed by atoms with Crippen molar-refractivity contribution in [2.45, 2.75) is 32.6 Å². The first-order valence-corrected chi connectivity index (χ1v) is 6.98. The first kappa shape index (κ1) is 13.8. The molecule has 0 fully saturated rings. The van der Waals surface area contributed by atoms with Gasteiger partial charge < -0.3 is 5.11 Å². The van der Waals surface area contributed by atoms with Crippen molar-refractivity contribution in [3.05, 3.63) is 70.8 Å². The molecule has 1 nitrogen and oxygen atoms in total. The van der Waals surface area contributed by atoms with Gasteiger partial charge in [0.15, 0.2) is 0 Å². The van der Waals surface area contributed by atoms with E-state index in [4.69, 9.17) is 0 Å². The number of hydrogen-bond acceptors (Lipinski definition) is 1. The second kappa shape index (κ2) is 6.53. The van der Waals surface area contributed by atoms with E-state index in [1.54, 1.807) is 0 Å². The highest BCUT2D eigenvalue weighted by atomic mass is 16.3. The highest BCUT2D eigenvalue weighted by Crippen LogP contribution is 2.21. The highest BCUT2D eigenvalue weighted by molar-refractivity contribution is 5.28. The molecule has 1 N–H and O–H groups in total. The van der Waals surface area contributed by atoms with Crippen molar-refractivity contribution in [2.24, 2.45) is 0 Å². The summed E-state index contributed by atoms with van der Waals surface area (Å²) >= 11 is 0. The molecule has 0 bridgehead atoms. The zero-order valence-corrected chi connectivity index (χ0v) is 11.8. The number of benzene rings is 2. The Kier molecular flexibility index (Phi) is 4.75. The Bertz CT molecular complexity index is 496. The summed E-state index contributed by atoms with van der Waals surface area (Å²) in [6.45, 7) is 4.44. The molecular weight excluding hydrogens is 232 g/mol. The van der Waals surface area contributed by atoms with Crippen LogP contribution in [0.5, 0.6) is 0 Å². The zero-order valence-electron chi connectivity index (χ0n) is 11.8. The summed E-state index contributed by atoms with van der Waals surface area (Å²) in [6.07, 6.45) is 1.96. The van der Waals surface area contributed by atoms with Crippen molar-refractivity contribution in [3.8, 4) is 0 Å². The smallest absolute Gasteiger partial charge is 0.0502 e. The van der Waals surface area contributed by atoms with Crippen molar-refractivity contribution >= 4 is 0 Å². The van der Waals surface area contributed by atoms with E-state index in [1.807, 2.05) is 0 Å².